The van der Waals surface area contributed by atoms with Crippen LogP contribution in [0, 0.1) is 0 Å². The lowest BCUT2D eigenvalue weighted by atomic mass is 10.0. The molecule has 0 amide bonds. The van der Waals surface area contributed by atoms with Gasteiger partial charge >= 0.3 is 0 Å². The Balaban J connectivity index is 1.13. The summed E-state index contributed by atoms with van der Waals surface area (Å²) in [6.45, 7) is 0. The predicted molar refractivity (Wildman–Crippen MR) is 267 cm³/mol. The molecule has 12 aromatic rings. The van der Waals surface area contributed by atoms with Crippen molar-refractivity contribution in [1.29, 1.82) is 0 Å². The lowest BCUT2D eigenvalue weighted by molar-refractivity contribution is 0.893. The number of hydrogen-bond acceptors (Lipinski definition) is 4. The molecule has 0 bridgehead atoms. The van der Waals surface area contributed by atoms with Gasteiger partial charge in [0.25, 0.3) is 0 Å². The zero-order valence-corrected chi connectivity index (χ0v) is 36.3. The van der Waals surface area contributed by atoms with Crippen LogP contribution in [0.5, 0.6) is 0 Å². The zero-order chi connectivity index (χ0) is 42.2. The molecule has 3 aromatic heterocycles. The number of para-hydroxylation sites is 3. The molecule has 0 aliphatic carbocycles. The van der Waals surface area contributed by atoms with Crippen LogP contribution < -0.4 is 20.7 Å². The van der Waals surface area contributed by atoms with Crippen LogP contribution in [0.4, 0.5) is 0 Å². The highest BCUT2D eigenvalue weighted by Gasteiger charge is 2.47. The van der Waals surface area contributed by atoms with Gasteiger partial charge in [-0.1, -0.05) is 194 Å². The van der Waals surface area contributed by atoms with Gasteiger partial charge in [-0.15, -0.1) is 0 Å². The number of rotatable bonds is 6. The molecule has 300 valence electrons. The van der Waals surface area contributed by atoms with Gasteiger partial charge in [0.1, 0.15) is 0 Å². The monoisotopic (exact) mass is 851 g/mol. The molecule has 1 aliphatic heterocycles. The first-order valence-corrected chi connectivity index (χ1v) is 24.4. The number of fused-ring (bicyclic) bond motifs is 8. The number of nitrogens with zero attached hydrogens (tertiary/aromatic N) is 5. The largest absolute Gasteiger partial charge is 0.278 e. The summed E-state index contributed by atoms with van der Waals surface area (Å²) in [7, 11) is -2.88. The Bertz CT molecular complexity index is 3680. The van der Waals surface area contributed by atoms with E-state index in [1.54, 1.807) is 0 Å². The van der Waals surface area contributed by atoms with Crippen molar-refractivity contribution in [2.45, 2.75) is 9.79 Å². The molecule has 7 heteroatoms. The van der Waals surface area contributed by atoms with E-state index in [9.17, 15) is 0 Å². The van der Waals surface area contributed by atoms with Crippen LogP contribution in [-0.4, -0.2) is 32.2 Å². The normalized spacial score (nSPS) is 13.1. The first kappa shape index (κ1) is 36.8. The van der Waals surface area contributed by atoms with Crippen LogP contribution in [-0.2, 0) is 0 Å². The minimum atomic E-state index is -2.88. The summed E-state index contributed by atoms with van der Waals surface area (Å²) in [4.78, 5) is 19.0. The van der Waals surface area contributed by atoms with Crippen molar-refractivity contribution in [3.05, 3.63) is 224 Å². The van der Waals surface area contributed by atoms with E-state index < -0.39 is 8.07 Å². The molecule has 0 spiro atoms. The summed E-state index contributed by atoms with van der Waals surface area (Å²) < 4.78 is 4.48. The predicted octanol–water partition coefficient (Wildman–Crippen LogP) is 11.2. The number of hydrogen-bond donors (Lipinski definition) is 0. The van der Waals surface area contributed by atoms with E-state index in [1.807, 2.05) is 11.8 Å². The molecule has 13 rings (SSSR count). The van der Waals surface area contributed by atoms with Crippen LogP contribution in [0.15, 0.2) is 234 Å². The van der Waals surface area contributed by atoms with Gasteiger partial charge in [0.15, 0.2) is 13.9 Å². The molecule has 4 heterocycles. The van der Waals surface area contributed by atoms with E-state index in [0.29, 0.717) is 17.7 Å². The molecule has 1 aliphatic rings. The number of benzene rings is 9. The van der Waals surface area contributed by atoms with E-state index in [-0.39, 0.29) is 0 Å². The van der Waals surface area contributed by atoms with Crippen LogP contribution in [0.2, 0.25) is 0 Å². The minimum Gasteiger partial charge on any atom is -0.278 e. The van der Waals surface area contributed by atoms with Crippen LogP contribution in [0.3, 0.4) is 0 Å². The van der Waals surface area contributed by atoms with Gasteiger partial charge < -0.3 is 0 Å². The van der Waals surface area contributed by atoms with Gasteiger partial charge in [-0.2, -0.15) is 15.0 Å². The Morgan fingerprint density at radius 3 is 1.41 bits per heavy atom. The minimum absolute atomic E-state index is 0.561. The van der Waals surface area contributed by atoms with E-state index in [4.69, 9.17) is 15.0 Å². The molecule has 64 heavy (non-hydrogen) atoms. The molecule has 5 nitrogen and oxygen atoms in total. The van der Waals surface area contributed by atoms with Crippen molar-refractivity contribution in [1.82, 2.24) is 24.1 Å². The fourth-order valence-corrected chi connectivity index (χ4v) is 17.1. The zero-order valence-electron chi connectivity index (χ0n) is 34.5. The fraction of sp³-hybridized carbons (Fsp3) is 0. The Morgan fingerprint density at radius 1 is 0.328 bits per heavy atom. The smallest absolute Gasteiger partial charge is 0.240 e. The van der Waals surface area contributed by atoms with E-state index >= 15 is 0 Å². The van der Waals surface area contributed by atoms with E-state index in [0.717, 1.165) is 60.3 Å². The Labute approximate surface area is 375 Å². The average Bonchev–Trinajstić information content (AvgIpc) is 3.89. The first-order chi connectivity index (χ1) is 31.7. The van der Waals surface area contributed by atoms with Crippen molar-refractivity contribution < 1.29 is 0 Å². The summed E-state index contributed by atoms with van der Waals surface area (Å²) in [5, 5.41) is 10.1. The lowest BCUT2D eigenvalue weighted by Crippen LogP contribution is -2.76. The maximum atomic E-state index is 5.53. The van der Waals surface area contributed by atoms with Gasteiger partial charge in [-0.3, -0.25) is 9.13 Å². The second-order valence-corrected chi connectivity index (χ2v) is 21.2. The second-order valence-electron chi connectivity index (χ2n) is 16.4. The highest BCUT2D eigenvalue weighted by Crippen LogP contribution is 2.37. The quantitative estimate of drug-likeness (QED) is 0.156. The Hall–Kier alpha value is -7.84. The van der Waals surface area contributed by atoms with Gasteiger partial charge in [-0.05, 0) is 74.3 Å². The van der Waals surface area contributed by atoms with Crippen molar-refractivity contribution in [3.63, 3.8) is 0 Å². The SMILES string of the molecule is c1ccc(-c2cccc(-c3nc(-n4c5ccccc5c5ccccc54)nc(-n4c5ccccc5c5ccc([Si]6(c7ccccc7)c7ccccc7Sc7ccccc76)cc54)n3)c2)cc1. The molecule has 0 saturated carbocycles. The third-order valence-electron chi connectivity index (χ3n) is 12.9. The molecule has 0 fully saturated rings. The third kappa shape index (κ3) is 5.54. The van der Waals surface area contributed by atoms with Gasteiger partial charge in [-0.25, -0.2) is 0 Å². The fourth-order valence-electron chi connectivity index (χ4n) is 10.2. The second kappa shape index (κ2) is 14.6. The van der Waals surface area contributed by atoms with Crippen LogP contribution >= 0.6 is 11.8 Å². The Morgan fingerprint density at radius 2 is 0.797 bits per heavy atom. The summed E-state index contributed by atoms with van der Waals surface area (Å²) >= 11 is 1.88. The standard InChI is InChI=1S/C57H37N5SSi/c1-3-18-38(19-4-1)39-20-17-21-40(36-39)55-58-56(61-47-27-10-7-24-43(47)44-25-8-11-28-48(44)61)60-57(59-55)62-49-29-12-9-26-45(49)46-35-34-42(37-50(46)62)64(41-22-5-2-6-23-41)53-32-15-13-30-51(53)63-52-31-14-16-33-54(52)64/h1-37H. The van der Waals surface area contributed by atoms with Crippen LogP contribution in [0.1, 0.15) is 0 Å². The molecule has 0 saturated heterocycles. The van der Waals surface area contributed by atoms with Crippen molar-refractivity contribution >= 4 is 84.2 Å². The summed E-state index contributed by atoms with van der Waals surface area (Å²) in [6, 6.07) is 81.3. The summed E-state index contributed by atoms with van der Waals surface area (Å²) in [5.41, 5.74) is 7.32. The van der Waals surface area contributed by atoms with Gasteiger partial charge in [0.05, 0.1) is 22.1 Å². The molecule has 0 N–H and O–H groups in total. The summed E-state index contributed by atoms with van der Waals surface area (Å²) in [6.07, 6.45) is 0. The maximum absolute atomic E-state index is 5.53. The molecular formula is C57H37N5SSi. The lowest BCUT2D eigenvalue weighted by Gasteiger charge is -2.39. The average molecular weight is 852 g/mol. The van der Waals surface area contributed by atoms with Gasteiger partial charge in [0, 0.05) is 36.9 Å². The molecule has 0 unspecified atom stereocenters. The molecule has 0 atom stereocenters. The van der Waals surface area contributed by atoms with Crippen molar-refractivity contribution in [2.24, 2.45) is 0 Å². The summed E-state index contributed by atoms with van der Waals surface area (Å²) in [5.74, 6) is 1.72. The van der Waals surface area contributed by atoms with Crippen molar-refractivity contribution in [2.75, 3.05) is 0 Å². The highest BCUT2D eigenvalue weighted by atomic mass is 32.2. The molecule has 0 radical (unpaired) electrons. The Kier molecular flexibility index (Phi) is 8.41. The van der Waals surface area contributed by atoms with E-state index in [2.05, 4.69) is 234 Å². The van der Waals surface area contributed by atoms with Crippen molar-refractivity contribution in [3.8, 4) is 34.4 Å². The molecular weight excluding hydrogens is 815 g/mol. The first-order valence-electron chi connectivity index (χ1n) is 21.6. The molecule has 9 aromatic carbocycles. The third-order valence-corrected chi connectivity index (χ3v) is 19.3. The van der Waals surface area contributed by atoms with Gasteiger partial charge in [0.2, 0.25) is 11.9 Å². The topological polar surface area (TPSA) is 48.5 Å². The van der Waals surface area contributed by atoms with E-state index in [1.165, 1.54) is 30.5 Å². The maximum Gasteiger partial charge on any atom is 0.240 e. The van der Waals surface area contributed by atoms with Crippen LogP contribution in [0.25, 0.3) is 78.0 Å². The highest BCUT2D eigenvalue weighted by molar-refractivity contribution is 8.00. The number of aromatic nitrogens is 5.